The fraction of sp³-hybridized carbons (Fsp3) is 0.0714. The van der Waals surface area contributed by atoms with Crippen LogP contribution in [-0.4, -0.2) is 21.1 Å². The van der Waals surface area contributed by atoms with E-state index in [-0.39, 0.29) is 11.0 Å². The molecule has 0 aliphatic carbocycles. The lowest BCUT2D eigenvalue weighted by molar-refractivity contribution is -0.114. The molecule has 1 aliphatic rings. The zero-order valence-electron chi connectivity index (χ0n) is 11.2. The number of nitrogens with one attached hydrogen (secondary N) is 1. The second kappa shape index (κ2) is 5.82. The number of fused-ring (bicyclic) bond motifs is 1. The van der Waals surface area contributed by atoms with Crippen LogP contribution in [0.4, 0.5) is 0 Å². The number of carbonyl (C=O) groups is 1. The topological polar surface area (TPSA) is 81.7 Å². The van der Waals surface area contributed by atoms with Gasteiger partial charge >= 0.3 is 0 Å². The summed E-state index contributed by atoms with van der Waals surface area (Å²) in [7, 11) is -3.81. The number of sulfonamides is 1. The van der Waals surface area contributed by atoms with Gasteiger partial charge in [0.15, 0.2) is 11.5 Å². The smallest absolute Gasteiger partial charge is 0.273 e. The van der Waals surface area contributed by atoms with Crippen molar-refractivity contribution < 1.29 is 22.7 Å². The van der Waals surface area contributed by atoms with Gasteiger partial charge in [0, 0.05) is 6.08 Å². The predicted molar refractivity (Wildman–Crippen MR) is 81.2 cm³/mol. The summed E-state index contributed by atoms with van der Waals surface area (Å²) in [5.74, 6) is 0.515. The van der Waals surface area contributed by atoms with Gasteiger partial charge in [0.05, 0.1) is 0 Å². The molecule has 0 bridgehead atoms. The minimum Gasteiger partial charge on any atom is -0.454 e. The van der Waals surface area contributed by atoms with Gasteiger partial charge in [-0.05, 0) is 35.2 Å². The second-order valence-electron chi connectivity index (χ2n) is 4.35. The van der Waals surface area contributed by atoms with Crippen LogP contribution in [0.25, 0.3) is 6.08 Å². The number of hydrogen-bond acceptors (Lipinski definition) is 6. The average Bonchev–Trinajstić information content (AvgIpc) is 3.15. The Morgan fingerprint density at radius 1 is 1.23 bits per heavy atom. The van der Waals surface area contributed by atoms with E-state index in [0.29, 0.717) is 17.1 Å². The maximum Gasteiger partial charge on any atom is 0.273 e. The molecule has 0 atom stereocenters. The first-order valence-corrected chi connectivity index (χ1v) is 8.59. The molecule has 0 fully saturated rings. The zero-order chi connectivity index (χ0) is 15.6. The van der Waals surface area contributed by atoms with Gasteiger partial charge in [-0.2, -0.15) is 0 Å². The van der Waals surface area contributed by atoms with Gasteiger partial charge < -0.3 is 9.47 Å². The third-order valence-corrected chi connectivity index (χ3v) is 5.56. The Labute approximate surface area is 131 Å². The molecule has 114 valence electrons. The van der Waals surface area contributed by atoms with Gasteiger partial charge in [0.25, 0.3) is 15.9 Å². The van der Waals surface area contributed by atoms with Gasteiger partial charge in [-0.15, -0.1) is 11.3 Å². The predicted octanol–water partition coefficient (Wildman–Crippen LogP) is 2.00. The molecule has 1 N–H and O–H groups in total. The number of thiophene rings is 1. The van der Waals surface area contributed by atoms with E-state index in [1.54, 1.807) is 29.6 Å². The summed E-state index contributed by atoms with van der Waals surface area (Å²) in [5, 5.41) is 1.63. The van der Waals surface area contributed by atoms with E-state index in [0.717, 1.165) is 17.4 Å². The standard InChI is InChI=1S/C14H11NO5S2/c16-13(15-22(17,18)14-2-1-7-21-14)6-4-10-3-5-11-12(8-10)20-9-19-11/h1-8H,9H2,(H,15,16). The number of carbonyl (C=O) groups excluding carboxylic acids is 1. The van der Waals surface area contributed by atoms with Crippen molar-refractivity contribution in [2.75, 3.05) is 6.79 Å². The lowest BCUT2D eigenvalue weighted by Gasteiger charge is -2.01. The summed E-state index contributed by atoms with van der Waals surface area (Å²) in [5.41, 5.74) is 0.702. The second-order valence-corrected chi connectivity index (χ2v) is 7.20. The Balaban J connectivity index is 1.69. The average molecular weight is 337 g/mol. The SMILES string of the molecule is O=C(C=Cc1ccc2c(c1)OCO2)NS(=O)(=O)c1cccs1. The van der Waals surface area contributed by atoms with Crippen LogP contribution >= 0.6 is 11.3 Å². The van der Waals surface area contributed by atoms with Gasteiger partial charge in [-0.25, -0.2) is 13.1 Å². The third-order valence-electron chi connectivity index (χ3n) is 2.82. The number of rotatable bonds is 4. The summed E-state index contributed by atoms with van der Waals surface area (Å²) < 4.78 is 36.2. The van der Waals surface area contributed by atoms with Crippen molar-refractivity contribution in [1.29, 1.82) is 0 Å². The van der Waals surface area contributed by atoms with Crippen LogP contribution < -0.4 is 14.2 Å². The Kier molecular flexibility index (Phi) is 3.86. The van der Waals surface area contributed by atoms with E-state index >= 15 is 0 Å². The summed E-state index contributed by atoms with van der Waals surface area (Å²) in [6.45, 7) is 0.169. The van der Waals surface area contributed by atoms with Crippen LogP contribution in [0.2, 0.25) is 0 Å². The van der Waals surface area contributed by atoms with Crippen molar-refractivity contribution >= 4 is 33.3 Å². The summed E-state index contributed by atoms with van der Waals surface area (Å²) in [4.78, 5) is 11.7. The third kappa shape index (κ3) is 3.12. The maximum absolute atomic E-state index is 11.9. The molecule has 8 heteroatoms. The minimum atomic E-state index is -3.81. The van der Waals surface area contributed by atoms with E-state index in [4.69, 9.17) is 9.47 Å². The molecule has 1 amide bonds. The highest BCUT2D eigenvalue weighted by molar-refractivity contribution is 7.92. The van der Waals surface area contributed by atoms with Crippen LogP contribution in [-0.2, 0) is 14.8 Å². The Morgan fingerprint density at radius 3 is 2.82 bits per heavy atom. The summed E-state index contributed by atoms with van der Waals surface area (Å²) in [6.07, 6.45) is 2.66. The fourth-order valence-corrected chi connectivity index (χ4v) is 3.76. The van der Waals surface area contributed by atoms with Crippen molar-refractivity contribution in [2.24, 2.45) is 0 Å². The number of benzene rings is 1. The van der Waals surface area contributed by atoms with E-state index in [9.17, 15) is 13.2 Å². The molecule has 2 aromatic rings. The molecule has 0 unspecified atom stereocenters. The largest absolute Gasteiger partial charge is 0.454 e. The van der Waals surface area contributed by atoms with Gasteiger partial charge in [-0.1, -0.05) is 12.1 Å². The molecule has 0 spiro atoms. The molecule has 22 heavy (non-hydrogen) atoms. The zero-order valence-corrected chi connectivity index (χ0v) is 12.8. The highest BCUT2D eigenvalue weighted by Crippen LogP contribution is 2.32. The Morgan fingerprint density at radius 2 is 2.05 bits per heavy atom. The van der Waals surface area contributed by atoms with Crippen LogP contribution in [0, 0.1) is 0 Å². The van der Waals surface area contributed by atoms with Crippen LogP contribution in [0.3, 0.4) is 0 Å². The van der Waals surface area contributed by atoms with Crippen molar-refractivity contribution in [2.45, 2.75) is 4.21 Å². The lowest BCUT2D eigenvalue weighted by Crippen LogP contribution is -2.28. The highest BCUT2D eigenvalue weighted by Gasteiger charge is 2.17. The minimum absolute atomic E-state index is 0.0947. The van der Waals surface area contributed by atoms with Gasteiger partial charge in [0.1, 0.15) is 4.21 Å². The molecule has 1 aromatic heterocycles. The first kappa shape index (κ1) is 14.6. The van der Waals surface area contributed by atoms with Crippen molar-refractivity contribution in [3.05, 3.63) is 47.4 Å². The van der Waals surface area contributed by atoms with Gasteiger partial charge in [-0.3, -0.25) is 4.79 Å². The van der Waals surface area contributed by atoms with E-state index in [1.807, 2.05) is 4.72 Å². The first-order chi connectivity index (χ1) is 10.5. The molecule has 0 saturated carbocycles. The number of hydrogen-bond donors (Lipinski definition) is 1. The molecule has 0 saturated heterocycles. The lowest BCUT2D eigenvalue weighted by atomic mass is 10.2. The molecule has 3 rings (SSSR count). The fourth-order valence-electron chi connectivity index (χ4n) is 1.82. The normalized spacial score (nSPS) is 13.5. The molecule has 2 heterocycles. The molecular formula is C14H11NO5S2. The van der Waals surface area contributed by atoms with Crippen LogP contribution in [0.5, 0.6) is 11.5 Å². The van der Waals surface area contributed by atoms with Crippen molar-refractivity contribution in [1.82, 2.24) is 4.72 Å². The van der Waals surface area contributed by atoms with E-state index in [1.165, 1.54) is 12.1 Å². The molecule has 1 aromatic carbocycles. The quantitative estimate of drug-likeness (QED) is 0.863. The first-order valence-electron chi connectivity index (χ1n) is 6.23. The highest BCUT2D eigenvalue weighted by atomic mass is 32.2. The summed E-state index contributed by atoms with van der Waals surface area (Å²) in [6, 6.07) is 8.21. The molecule has 1 aliphatic heterocycles. The van der Waals surface area contributed by atoms with E-state index < -0.39 is 15.9 Å². The molecular weight excluding hydrogens is 326 g/mol. The summed E-state index contributed by atoms with van der Waals surface area (Å²) >= 11 is 1.04. The van der Waals surface area contributed by atoms with Crippen LogP contribution in [0.1, 0.15) is 5.56 Å². The van der Waals surface area contributed by atoms with Crippen LogP contribution in [0.15, 0.2) is 46.0 Å². The van der Waals surface area contributed by atoms with Gasteiger partial charge in [0.2, 0.25) is 6.79 Å². The maximum atomic E-state index is 11.9. The Bertz CT molecular complexity index is 825. The van der Waals surface area contributed by atoms with Crippen molar-refractivity contribution in [3.8, 4) is 11.5 Å². The Hall–Kier alpha value is -2.32. The number of amides is 1. The van der Waals surface area contributed by atoms with E-state index in [2.05, 4.69) is 0 Å². The monoisotopic (exact) mass is 337 g/mol. The molecule has 0 radical (unpaired) electrons. The molecule has 6 nitrogen and oxygen atoms in total. The van der Waals surface area contributed by atoms with Crippen molar-refractivity contribution in [3.63, 3.8) is 0 Å². The number of ether oxygens (including phenoxy) is 2.